The molecule has 2 atom stereocenters. The van der Waals surface area contributed by atoms with Gasteiger partial charge < -0.3 is 24.7 Å². The maximum Gasteiger partial charge on any atom is 0.338 e. The molecule has 0 radical (unpaired) electrons. The number of nitrogens with one attached hydrogen (secondary N) is 2. The third-order valence-electron chi connectivity index (χ3n) is 6.44. The lowest BCUT2D eigenvalue weighted by Crippen LogP contribution is -2.32. The second-order valence-corrected chi connectivity index (χ2v) is 9.22. The lowest BCUT2D eigenvalue weighted by atomic mass is 10.0. The predicted molar refractivity (Wildman–Crippen MR) is 147 cm³/mol. The van der Waals surface area contributed by atoms with Gasteiger partial charge in [-0.3, -0.25) is 9.78 Å². The van der Waals surface area contributed by atoms with Gasteiger partial charge in [-0.05, 0) is 54.7 Å². The highest BCUT2D eigenvalue weighted by Crippen LogP contribution is 2.41. The quantitative estimate of drug-likeness (QED) is 0.229. The third-order valence-corrected chi connectivity index (χ3v) is 6.79. The van der Waals surface area contributed by atoms with Crippen molar-refractivity contribution >= 4 is 34.9 Å². The van der Waals surface area contributed by atoms with Crippen molar-refractivity contribution in [1.82, 2.24) is 15.2 Å². The molecule has 198 valence electrons. The van der Waals surface area contributed by atoms with E-state index in [-0.39, 0.29) is 30.6 Å². The first-order chi connectivity index (χ1) is 19.0. The molecule has 3 heterocycles. The summed E-state index contributed by atoms with van der Waals surface area (Å²) in [5, 5.41) is 6.35. The van der Waals surface area contributed by atoms with Crippen LogP contribution in [0.5, 0.6) is 0 Å². The van der Waals surface area contributed by atoms with E-state index in [1.807, 2.05) is 35.2 Å². The smallest absolute Gasteiger partial charge is 0.338 e. The number of benzene rings is 2. The van der Waals surface area contributed by atoms with Crippen molar-refractivity contribution in [2.24, 2.45) is 0 Å². The van der Waals surface area contributed by atoms with Crippen LogP contribution in [-0.2, 0) is 9.53 Å². The fourth-order valence-electron chi connectivity index (χ4n) is 4.60. The first-order valence-electron chi connectivity index (χ1n) is 12.3. The molecule has 1 saturated heterocycles. The van der Waals surface area contributed by atoms with Crippen molar-refractivity contribution in [2.45, 2.75) is 18.5 Å². The van der Waals surface area contributed by atoms with E-state index in [0.717, 1.165) is 5.69 Å². The van der Waals surface area contributed by atoms with Gasteiger partial charge in [0, 0.05) is 24.7 Å². The molecule has 1 aliphatic rings. The zero-order valence-corrected chi connectivity index (χ0v) is 21.8. The molecule has 0 aliphatic carbocycles. The number of hydrogen-bond acceptors (Lipinski definition) is 6. The van der Waals surface area contributed by atoms with E-state index in [1.54, 1.807) is 42.6 Å². The van der Waals surface area contributed by atoms with Gasteiger partial charge in [0.05, 0.1) is 30.1 Å². The largest absolute Gasteiger partial charge is 0.465 e. The van der Waals surface area contributed by atoms with E-state index in [1.165, 1.54) is 19.2 Å². The number of pyridine rings is 1. The highest BCUT2D eigenvalue weighted by Gasteiger charge is 2.41. The van der Waals surface area contributed by atoms with E-state index < -0.39 is 17.8 Å². The number of thiocarbonyl (C=S) groups is 1. The molecule has 8 nitrogen and oxygen atoms in total. The van der Waals surface area contributed by atoms with E-state index in [0.29, 0.717) is 27.8 Å². The van der Waals surface area contributed by atoms with Gasteiger partial charge in [-0.25, -0.2) is 9.18 Å². The molecule has 0 unspecified atom stereocenters. The maximum absolute atomic E-state index is 14.0. The molecule has 10 heteroatoms. The summed E-state index contributed by atoms with van der Waals surface area (Å²) >= 11 is 5.66. The fourth-order valence-corrected chi connectivity index (χ4v) is 4.93. The normalized spacial score (nSPS) is 16.6. The van der Waals surface area contributed by atoms with Crippen LogP contribution in [0.2, 0.25) is 0 Å². The Morgan fingerprint density at radius 2 is 1.85 bits per heavy atom. The number of amides is 1. The number of furan rings is 1. The van der Waals surface area contributed by atoms with Crippen molar-refractivity contribution in [1.29, 1.82) is 0 Å². The molecule has 5 rings (SSSR count). The lowest BCUT2D eigenvalue weighted by molar-refractivity contribution is -0.116. The number of carbonyl (C=O) groups excluding carboxylic acids is 2. The Hall–Kier alpha value is -4.57. The van der Waals surface area contributed by atoms with Crippen LogP contribution in [0.25, 0.3) is 11.3 Å². The molecule has 2 aromatic heterocycles. The Balaban J connectivity index is 1.43. The molecule has 0 bridgehead atoms. The summed E-state index contributed by atoms with van der Waals surface area (Å²) in [5.41, 5.74) is 1.84. The Bertz CT molecular complexity index is 1510. The van der Waals surface area contributed by atoms with Crippen molar-refractivity contribution < 1.29 is 23.1 Å². The molecule has 0 spiro atoms. The molecule has 1 aliphatic heterocycles. The van der Waals surface area contributed by atoms with Crippen LogP contribution in [0.4, 0.5) is 10.1 Å². The molecule has 1 amide bonds. The summed E-state index contributed by atoms with van der Waals surface area (Å²) < 4.78 is 25.3. The minimum absolute atomic E-state index is 0.0559. The zero-order chi connectivity index (χ0) is 27.4. The van der Waals surface area contributed by atoms with Crippen LogP contribution >= 0.6 is 12.2 Å². The average Bonchev–Trinajstić information content (AvgIpc) is 3.57. The molecule has 1 fully saturated rings. The van der Waals surface area contributed by atoms with Crippen LogP contribution in [0, 0.1) is 5.82 Å². The molecule has 39 heavy (non-hydrogen) atoms. The van der Waals surface area contributed by atoms with Crippen LogP contribution in [0.3, 0.4) is 0 Å². The standard InChI is InChI=1S/C29H25FN4O4S/c1-37-28(36)19-9-3-2-8-18(19)23-13-14-24(38-23)27-26(22-12-6-7-16-31-22)33-29(39)34(27)17-15-25(35)32-21-11-5-4-10-20(21)30/h2-14,16,26-27H,15,17H2,1H3,(H,32,35)(H,33,39)/t26-,27-/m0/s1. The van der Waals surface area contributed by atoms with Crippen LogP contribution < -0.4 is 10.6 Å². The highest BCUT2D eigenvalue weighted by atomic mass is 32.1. The molecular formula is C29H25FN4O4S. The monoisotopic (exact) mass is 544 g/mol. The summed E-state index contributed by atoms with van der Waals surface area (Å²) in [4.78, 5) is 31.4. The van der Waals surface area contributed by atoms with Crippen LogP contribution in [-0.4, -0.2) is 40.5 Å². The number of esters is 1. The number of carbonyl (C=O) groups is 2. The van der Waals surface area contributed by atoms with Crippen molar-refractivity contribution in [3.63, 3.8) is 0 Å². The zero-order valence-electron chi connectivity index (χ0n) is 21.0. The van der Waals surface area contributed by atoms with Gasteiger partial charge in [0.1, 0.15) is 23.4 Å². The van der Waals surface area contributed by atoms with Gasteiger partial charge in [-0.1, -0.05) is 36.4 Å². The Morgan fingerprint density at radius 3 is 2.62 bits per heavy atom. The van der Waals surface area contributed by atoms with Gasteiger partial charge in [0.15, 0.2) is 5.11 Å². The number of anilines is 1. The lowest BCUT2D eigenvalue weighted by Gasteiger charge is -2.25. The first-order valence-corrected chi connectivity index (χ1v) is 12.7. The number of halogens is 1. The minimum Gasteiger partial charge on any atom is -0.465 e. The van der Waals surface area contributed by atoms with Crippen LogP contribution in [0.15, 0.2) is 89.5 Å². The molecule has 4 aromatic rings. The highest BCUT2D eigenvalue weighted by molar-refractivity contribution is 7.80. The van der Waals surface area contributed by atoms with Crippen molar-refractivity contribution in [2.75, 3.05) is 19.0 Å². The number of para-hydroxylation sites is 1. The van der Waals surface area contributed by atoms with Crippen molar-refractivity contribution in [3.05, 3.63) is 108 Å². The van der Waals surface area contributed by atoms with Gasteiger partial charge in [0.2, 0.25) is 5.91 Å². The van der Waals surface area contributed by atoms with E-state index in [9.17, 15) is 14.0 Å². The van der Waals surface area contributed by atoms with Gasteiger partial charge >= 0.3 is 5.97 Å². The van der Waals surface area contributed by atoms with E-state index in [2.05, 4.69) is 15.6 Å². The van der Waals surface area contributed by atoms with Crippen molar-refractivity contribution in [3.8, 4) is 11.3 Å². The fraction of sp³-hybridized carbons (Fsp3) is 0.172. The Morgan fingerprint density at radius 1 is 1.08 bits per heavy atom. The predicted octanol–water partition coefficient (Wildman–Crippen LogP) is 5.27. The number of aromatic nitrogens is 1. The van der Waals surface area contributed by atoms with Crippen LogP contribution in [0.1, 0.15) is 40.3 Å². The number of hydrogen-bond donors (Lipinski definition) is 2. The molecule has 2 aromatic carbocycles. The average molecular weight is 545 g/mol. The Kier molecular flexibility index (Phi) is 7.64. The number of nitrogens with zero attached hydrogens (tertiary/aromatic N) is 2. The van der Waals surface area contributed by atoms with Gasteiger partial charge in [-0.2, -0.15) is 0 Å². The molecular weight excluding hydrogens is 519 g/mol. The second-order valence-electron chi connectivity index (χ2n) is 8.84. The van der Waals surface area contributed by atoms with E-state index >= 15 is 0 Å². The van der Waals surface area contributed by atoms with Gasteiger partial charge in [-0.15, -0.1) is 0 Å². The minimum atomic E-state index is -0.507. The number of methoxy groups -OCH3 is 1. The summed E-state index contributed by atoms with van der Waals surface area (Å²) in [6.07, 6.45) is 1.75. The number of ether oxygens (including phenoxy) is 1. The SMILES string of the molecule is COC(=O)c1ccccc1-c1ccc([C@H]2[C@H](c3ccccn3)NC(=S)N2CCC(=O)Nc2ccccc2F)o1. The van der Waals surface area contributed by atoms with Gasteiger partial charge in [0.25, 0.3) is 0 Å². The topological polar surface area (TPSA) is 96.7 Å². The Labute approximate surface area is 229 Å². The summed E-state index contributed by atoms with van der Waals surface area (Å²) in [6, 6.07) is 21.4. The van der Waals surface area contributed by atoms with E-state index in [4.69, 9.17) is 21.4 Å². The number of rotatable bonds is 8. The summed E-state index contributed by atoms with van der Waals surface area (Å²) in [6.45, 7) is 0.245. The summed E-state index contributed by atoms with van der Waals surface area (Å²) in [7, 11) is 1.33. The summed E-state index contributed by atoms with van der Waals surface area (Å²) in [5.74, 6) is -0.271. The first kappa shape index (κ1) is 26.1. The second kappa shape index (κ2) is 11.4. The molecule has 2 N–H and O–H groups in total. The maximum atomic E-state index is 14.0. The third kappa shape index (κ3) is 5.51. The molecule has 0 saturated carbocycles.